The molecular formula is C27H27FN4O4. The molecule has 2 amide bonds. The molecule has 0 saturated carbocycles. The Balaban J connectivity index is 1.49. The summed E-state index contributed by atoms with van der Waals surface area (Å²) < 4.78 is 24.5. The summed E-state index contributed by atoms with van der Waals surface area (Å²) in [5.41, 5.74) is 9.69. The van der Waals surface area contributed by atoms with Crippen molar-refractivity contribution in [3.8, 4) is 17.0 Å². The highest BCUT2D eigenvalue weighted by Gasteiger charge is 2.22. The molecule has 4 rings (SSSR count). The minimum Gasteiger partial charge on any atom is -0.495 e. The van der Waals surface area contributed by atoms with Crippen LogP contribution in [0.1, 0.15) is 18.2 Å². The van der Waals surface area contributed by atoms with E-state index in [4.69, 9.17) is 20.2 Å². The fourth-order valence-electron chi connectivity index (χ4n) is 3.90. The minimum absolute atomic E-state index is 0.299. The number of rotatable bonds is 8. The van der Waals surface area contributed by atoms with Gasteiger partial charge < -0.3 is 25.4 Å². The number of ether oxygens (including phenoxy) is 2. The van der Waals surface area contributed by atoms with Crippen LogP contribution in [0.4, 0.5) is 4.39 Å². The number of amides is 2. The highest BCUT2D eigenvalue weighted by Crippen LogP contribution is 2.36. The van der Waals surface area contributed by atoms with Gasteiger partial charge in [0.15, 0.2) is 0 Å². The average molecular weight is 491 g/mol. The van der Waals surface area contributed by atoms with Crippen molar-refractivity contribution in [1.82, 2.24) is 15.2 Å². The van der Waals surface area contributed by atoms with Gasteiger partial charge in [0.2, 0.25) is 5.91 Å². The van der Waals surface area contributed by atoms with Gasteiger partial charge in [0, 0.05) is 54.2 Å². The van der Waals surface area contributed by atoms with Crippen LogP contribution in [-0.4, -0.2) is 42.0 Å². The molecule has 2 aromatic rings. The summed E-state index contributed by atoms with van der Waals surface area (Å²) in [5.74, 6) is -0.113. The molecule has 0 radical (unpaired) electrons. The van der Waals surface area contributed by atoms with Gasteiger partial charge in [0.25, 0.3) is 5.91 Å². The van der Waals surface area contributed by atoms with E-state index < -0.39 is 5.91 Å². The Morgan fingerprint density at radius 1 is 1.33 bits per heavy atom. The molecule has 0 unspecified atom stereocenters. The first-order valence-electron chi connectivity index (χ1n) is 11.4. The lowest BCUT2D eigenvalue weighted by atomic mass is 10.0. The van der Waals surface area contributed by atoms with Crippen LogP contribution < -0.4 is 15.8 Å². The molecule has 0 aliphatic carbocycles. The maximum atomic E-state index is 13.4. The van der Waals surface area contributed by atoms with Crippen molar-refractivity contribution in [3.05, 3.63) is 95.1 Å². The van der Waals surface area contributed by atoms with Crippen LogP contribution in [0.2, 0.25) is 0 Å². The van der Waals surface area contributed by atoms with E-state index in [2.05, 4.69) is 11.9 Å². The Bertz CT molecular complexity index is 1310. The third-order valence-electron chi connectivity index (χ3n) is 5.87. The van der Waals surface area contributed by atoms with Gasteiger partial charge >= 0.3 is 0 Å². The Labute approximate surface area is 208 Å². The summed E-state index contributed by atoms with van der Waals surface area (Å²) in [6.07, 6.45) is 5.89. The van der Waals surface area contributed by atoms with Gasteiger partial charge in [-0.3, -0.25) is 9.59 Å². The maximum absolute atomic E-state index is 13.4. The SMILES string of the molecule is C=C1C(OC)=CC(C(=O)NCCc2cc3c(c(-c4ccc(F)cc4)n2)OCC3)=CN1/C=C(\C)C(N)=O. The van der Waals surface area contributed by atoms with Crippen molar-refractivity contribution in [3.63, 3.8) is 0 Å². The predicted molar refractivity (Wildman–Crippen MR) is 133 cm³/mol. The molecule has 0 fully saturated rings. The van der Waals surface area contributed by atoms with Gasteiger partial charge in [-0.25, -0.2) is 9.37 Å². The van der Waals surface area contributed by atoms with Gasteiger partial charge in [-0.2, -0.15) is 0 Å². The van der Waals surface area contributed by atoms with E-state index in [1.807, 2.05) is 6.07 Å². The van der Waals surface area contributed by atoms with Crippen molar-refractivity contribution in [1.29, 1.82) is 0 Å². The summed E-state index contributed by atoms with van der Waals surface area (Å²) in [6, 6.07) is 8.11. The van der Waals surface area contributed by atoms with E-state index >= 15 is 0 Å². The van der Waals surface area contributed by atoms with Crippen LogP contribution in [-0.2, 0) is 27.2 Å². The van der Waals surface area contributed by atoms with E-state index in [1.165, 1.54) is 30.3 Å². The monoisotopic (exact) mass is 490 g/mol. The Morgan fingerprint density at radius 2 is 2.08 bits per heavy atom. The lowest BCUT2D eigenvalue weighted by Gasteiger charge is -2.25. The number of halogens is 1. The van der Waals surface area contributed by atoms with E-state index in [1.54, 1.807) is 31.3 Å². The van der Waals surface area contributed by atoms with Gasteiger partial charge in [-0.15, -0.1) is 0 Å². The molecule has 36 heavy (non-hydrogen) atoms. The third-order valence-corrected chi connectivity index (χ3v) is 5.87. The molecule has 3 N–H and O–H groups in total. The zero-order chi connectivity index (χ0) is 25.8. The normalized spacial score (nSPS) is 15.0. The van der Waals surface area contributed by atoms with Crippen molar-refractivity contribution in [2.45, 2.75) is 19.8 Å². The Kier molecular flexibility index (Phi) is 7.19. The highest BCUT2D eigenvalue weighted by atomic mass is 19.1. The molecule has 8 nitrogen and oxygen atoms in total. The first-order valence-corrected chi connectivity index (χ1v) is 11.4. The maximum Gasteiger partial charge on any atom is 0.252 e. The minimum atomic E-state index is -0.581. The van der Waals surface area contributed by atoms with Gasteiger partial charge in [-0.1, -0.05) is 6.58 Å². The predicted octanol–water partition coefficient (Wildman–Crippen LogP) is 3.11. The molecule has 9 heteroatoms. The van der Waals surface area contributed by atoms with Crippen molar-refractivity contribution >= 4 is 11.8 Å². The van der Waals surface area contributed by atoms with Crippen LogP contribution in [0.25, 0.3) is 11.3 Å². The van der Waals surface area contributed by atoms with Crippen LogP contribution in [0.3, 0.4) is 0 Å². The quantitative estimate of drug-likeness (QED) is 0.551. The zero-order valence-electron chi connectivity index (χ0n) is 20.1. The van der Waals surface area contributed by atoms with Gasteiger partial charge in [0.05, 0.1) is 25.0 Å². The zero-order valence-corrected chi connectivity index (χ0v) is 20.1. The summed E-state index contributed by atoms with van der Waals surface area (Å²) >= 11 is 0. The van der Waals surface area contributed by atoms with Gasteiger partial charge in [-0.05, 0) is 43.3 Å². The Morgan fingerprint density at radius 3 is 2.78 bits per heavy atom. The second-order valence-electron chi connectivity index (χ2n) is 8.39. The van der Waals surface area contributed by atoms with Crippen LogP contribution >= 0.6 is 0 Å². The topological polar surface area (TPSA) is 107 Å². The number of nitrogens with two attached hydrogens (primary N) is 1. The molecule has 1 aromatic carbocycles. The van der Waals surface area contributed by atoms with Crippen LogP contribution in [0, 0.1) is 5.82 Å². The Hall–Kier alpha value is -4.40. The number of carbonyl (C=O) groups excluding carboxylic acids is 2. The molecule has 186 valence electrons. The van der Waals surface area contributed by atoms with Crippen molar-refractivity contribution in [2.75, 3.05) is 20.3 Å². The molecule has 0 saturated heterocycles. The number of pyridine rings is 1. The van der Waals surface area contributed by atoms with E-state index in [9.17, 15) is 14.0 Å². The smallest absolute Gasteiger partial charge is 0.252 e. The second kappa shape index (κ2) is 10.5. The molecule has 0 atom stereocenters. The van der Waals surface area contributed by atoms with E-state index in [0.29, 0.717) is 47.9 Å². The molecule has 3 heterocycles. The summed E-state index contributed by atoms with van der Waals surface area (Å²) in [4.78, 5) is 30.6. The number of nitrogens with one attached hydrogen (secondary N) is 1. The summed E-state index contributed by atoms with van der Waals surface area (Å²) in [6.45, 7) is 6.42. The highest BCUT2D eigenvalue weighted by molar-refractivity contribution is 5.97. The average Bonchev–Trinajstić information content (AvgIpc) is 3.34. The number of hydrogen-bond acceptors (Lipinski definition) is 6. The summed E-state index contributed by atoms with van der Waals surface area (Å²) in [5, 5.41) is 2.89. The molecule has 2 aliphatic rings. The molecule has 1 aromatic heterocycles. The first kappa shape index (κ1) is 24.7. The van der Waals surface area contributed by atoms with Crippen LogP contribution in [0.5, 0.6) is 5.75 Å². The molecule has 0 spiro atoms. The number of methoxy groups -OCH3 is 1. The number of fused-ring (bicyclic) bond motifs is 1. The second-order valence-corrected chi connectivity index (χ2v) is 8.39. The van der Waals surface area contributed by atoms with Crippen molar-refractivity contribution < 1.29 is 23.5 Å². The largest absolute Gasteiger partial charge is 0.495 e. The first-order chi connectivity index (χ1) is 17.3. The summed E-state index contributed by atoms with van der Waals surface area (Å²) in [7, 11) is 1.47. The number of carbonyl (C=O) groups is 2. The van der Waals surface area contributed by atoms with E-state index in [-0.39, 0.29) is 11.7 Å². The fraction of sp³-hybridized carbons (Fsp3) is 0.222. The lowest BCUT2D eigenvalue weighted by molar-refractivity contribution is -0.117. The fourth-order valence-corrected chi connectivity index (χ4v) is 3.90. The van der Waals surface area contributed by atoms with E-state index in [0.717, 1.165) is 29.0 Å². The number of aromatic nitrogens is 1. The molecule has 0 bridgehead atoms. The number of primary amides is 1. The van der Waals surface area contributed by atoms with Gasteiger partial charge in [0.1, 0.15) is 23.0 Å². The number of nitrogens with zero attached hydrogens (tertiary/aromatic N) is 2. The van der Waals surface area contributed by atoms with Crippen molar-refractivity contribution in [2.24, 2.45) is 5.73 Å². The standard InChI is InChI=1S/C27H27FN4O4/c1-16(26(29)33)14-32-15-20(13-23(35-3)17(32)2)27(34)30-10-8-22-12-19-9-11-36-25(19)24(31-22)18-4-6-21(28)7-5-18/h4-7,12-15H,2,8-11H2,1,3H3,(H2,29,33)(H,30,34)/b16-14+. The third kappa shape index (κ3) is 5.30. The van der Waals surface area contributed by atoms with Crippen LogP contribution in [0.15, 0.2) is 78.0 Å². The molecular weight excluding hydrogens is 463 g/mol. The molecule has 2 aliphatic heterocycles. The number of benzene rings is 1. The number of hydrogen-bond donors (Lipinski definition) is 2. The lowest BCUT2D eigenvalue weighted by Crippen LogP contribution is -2.30.